The molecule has 0 aliphatic carbocycles. The molecule has 172 valence electrons. The number of hydrazine groups is 1. The number of carboxylic acid groups (broad SMARTS) is 1. The van der Waals surface area contributed by atoms with E-state index < -0.39 is 17.8 Å². The lowest BCUT2D eigenvalue weighted by molar-refractivity contribution is -0.117. The molecule has 0 bridgehead atoms. The number of halogens is 1. The maximum atomic E-state index is 13.0. The Morgan fingerprint density at radius 2 is 1.79 bits per heavy atom. The summed E-state index contributed by atoms with van der Waals surface area (Å²) in [5.74, 6) is -1.52. The number of rotatable bonds is 7. The van der Waals surface area contributed by atoms with Crippen molar-refractivity contribution < 1.29 is 29.0 Å². The lowest BCUT2D eigenvalue weighted by atomic mass is 10.1. The molecule has 0 radical (unpaired) electrons. The fraction of sp³-hybridized carbons (Fsp3) is 0.0800. The minimum absolute atomic E-state index is 0.0876. The normalized spacial score (nSPS) is 14.3. The third-order valence-corrected chi connectivity index (χ3v) is 5.28. The number of carbonyl (C=O) groups excluding carboxylic acids is 2. The zero-order valence-electron chi connectivity index (χ0n) is 17.9. The smallest absolute Gasteiger partial charge is 0.335 e. The van der Waals surface area contributed by atoms with Crippen LogP contribution < -0.4 is 19.9 Å². The maximum absolute atomic E-state index is 13.0. The molecular formula is C25H19ClN2O6. The van der Waals surface area contributed by atoms with Crippen molar-refractivity contribution in [1.29, 1.82) is 0 Å². The van der Waals surface area contributed by atoms with Crippen molar-refractivity contribution in [2.45, 2.75) is 6.61 Å². The summed E-state index contributed by atoms with van der Waals surface area (Å²) in [6.07, 6.45) is 1.40. The number of aromatic carboxylic acids is 1. The van der Waals surface area contributed by atoms with Crippen LogP contribution >= 0.6 is 11.6 Å². The first-order chi connectivity index (χ1) is 16.4. The number of ether oxygens (including phenoxy) is 2. The van der Waals surface area contributed by atoms with Crippen LogP contribution in [-0.4, -0.2) is 30.0 Å². The summed E-state index contributed by atoms with van der Waals surface area (Å²) in [6, 6.07) is 18.1. The molecule has 0 aromatic heterocycles. The first-order valence-electron chi connectivity index (χ1n) is 10.1. The van der Waals surface area contributed by atoms with E-state index in [1.165, 1.54) is 30.3 Å². The van der Waals surface area contributed by atoms with Crippen molar-refractivity contribution in [3.05, 3.63) is 94.0 Å². The minimum Gasteiger partial charge on any atom is -0.493 e. The number of nitrogens with zero attached hydrogens (tertiary/aromatic N) is 1. The highest BCUT2D eigenvalue weighted by molar-refractivity contribution is 6.32. The lowest BCUT2D eigenvalue weighted by Crippen LogP contribution is -2.35. The van der Waals surface area contributed by atoms with Gasteiger partial charge >= 0.3 is 5.97 Å². The Labute approximate surface area is 199 Å². The molecule has 2 amide bonds. The van der Waals surface area contributed by atoms with Crippen molar-refractivity contribution in [2.24, 2.45) is 0 Å². The summed E-state index contributed by atoms with van der Waals surface area (Å²) in [7, 11) is 1.45. The average molecular weight is 479 g/mol. The van der Waals surface area contributed by atoms with E-state index in [9.17, 15) is 14.4 Å². The number of hydrogen-bond donors (Lipinski definition) is 2. The predicted octanol–water partition coefficient (Wildman–Crippen LogP) is 4.09. The number of nitrogens with one attached hydrogen (secondary N) is 1. The van der Waals surface area contributed by atoms with E-state index in [1.807, 2.05) is 0 Å². The number of para-hydroxylation sites is 1. The average Bonchev–Trinajstić information content (AvgIpc) is 3.12. The van der Waals surface area contributed by atoms with Gasteiger partial charge in [-0.3, -0.25) is 15.0 Å². The van der Waals surface area contributed by atoms with Gasteiger partial charge in [0.25, 0.3) is 11.8 Å². The molecule has 1 saturated heterocycles. The molecule has 4 rings (SSSR count). The number of carbonyl (C=O) groups is 3. The van der Waals surface area contributed by atoms with Gasteiger partial charge in [-0.2, -0.15) is 0 Å². The zero-order chi connectivity index (χ0) is 24.2. The minimum atomic E-state index is -1.02. The SMILES string of the molecule is COc1cc(Cl)cc(C=C2C(=O)NN(c3ccccc3)C2=O)c1OCc1ccc(C(=O)O)cc1. The molecule has 0 saturated carbocycles. The number of hydrogen-bond acceptors (Lipinski definition) is 5. The molecule has 1 fully saturated rings. The van der Waals surface area contributed by atoms with Gasteiger partial charge in [-0.25, -0.2) is 9.80 Å². The predicted molar refractivity (Wildman–Crippen MR) is 126 cm³/mol. The Bertz CT molecular complexity index is 1290. The molecule has 8 nitrogen and oxygen atoms in total. The standard InChI is InChI=1S/C25H19ClN2O6/c1-33-21-13-18(26)11-17(22(21)34-14-15-7-9-16(10-8-15)25(31)32)12-20-23(29)27-28(24(20)30)19-5-3-2-4-6-19/h2-13H,14H2,1H3,(H,27,29)(H,31,32). The van der Waals surface area contributed by atoms with Crippen LogP contribution in [-0.2, 0) is 16.2 Å². The van der Waals surface area contributed by atoms with E-state index in [2.05, 4.69) is 5.43 Å². The highest BCUT2D eigenvalue weighted by Crippen LogP contribution is 2.37. The quantitative estimate of drug-likeness (QED) is 0.391. The van der Waals surface area contributed by atoms with Crippen LogP contribution in [0.2, 0.25) is 5.02 Å². The fourth-order valence-corrected chi connectivity index (χ4v) is 3.59. The van der Waals surface area contributed by atoms with Gasteiger partial charge in [-0.15, -0.1) is 0 Å². The Hall–Kier alpha value is -4.30. The zero-order valence-corrected chi connectivity index (χ0v) is 18.7. The van der Waals surface area contributed by atoms with Gasteiger partial charge < -0.3 is 14.6 Å². The van der Waals surface area contributed by atoms with Crippen LogP contribution in [0.4, 0.5) is 5.69 Å². The third kappa shape index (κ3) is 4.72. The molecule has 1 aliphatic heterocycles. The second-order valence-corrected chi connectivity index (χ2v) is 7.73. The van der Waals surface area contributed by atoms with Gasteiger partial charge in [-0.05, 0) is 42.0 Å². The number of anilines is 1. The number of amides is 2. The first kappa shape index (κ1) is 22.9. The molecule has 1 aliphatic rings. The number of carboxylic acids is 1. The summed E-state index contributed by atoms with van der Waals surface area (Å²) in [5, 5.41) is 10.5. The van der Waals surface area contributed by atoms with Crippen molar-refractivity contribution in [2.75, 3.05) is 12.1 Å². The van der Waals surface area contributed by atoms with Crippen LogP contribution in [0.15, 0.2) is 72.3 Å². The number of benzene rings is 3. The second-order valence-electron chi connectivity index (χ2n) is 7.29. The molecule has 34 heavy (non-hydrogen) atoms. The Kier molecular flexibility index (Phi) is 6.51. The monoisotopic (exact) mass is 478 g/mol. The van der Waals surface area contributed by atoms with Gasteiger partial charge in [0.15, 0.2) is 11.5 Å². The van der Waals surface area contributed by atoms with E-state index in [4.69, 9.17) is 26.2 Å². The maximum Gasteiger partial charge on any atom is 0.335 e. The molecule has 0 unspecified atom stereocenters. The van der Waals surface area contributed by atoms with Crippen LogP contribution in [0.3, 0.4) is 0 Å². The van der Waals surface area contributed by atoms with Crippen molar-refractivity contribution in [3.63, 3.8) is 0 Å². The highest BCUT2D eigenvalue weighted by atomic mass is 35.5. The van der Waals surface area contributed by atoms with Crippen LogP contribution in [0.5, 0.6) is 11.5 Å². The lowest BCUT2D eigenvalue weighted by Gasteiger charge is -2.15. The van der Waals surface area contributed by atoms with Crippen LogP contribution in [0.25, 0.3) is 6.08 Å². The molecule has 9 heteroatoms. The van der Waals surface area contributed by atoms with Crippen LogP contribution in [0, 0.1) is 0 Å². The summed E-state index contributed by atoms with van der Waals surface area (Å²) in [6.45, 7) is 0.0876. The molecule has 0 spiro atoms. The van der Waals surface area contributed by atoms with Crippen LogP contribution in [0.1, 0.15) is 21.5 Å². The van der Waals surface area contributed by atoms with Gasteiger partial charge in [0.05, 0.1) is 18.4 Å². The van der Waals surface area contributed by atoms with E-state index in [0.717, 1.165) is 0 Å². The van der Waals surface area contributed by atoms with Gasteiger partial charge in [0.2, 0.25) is 0 Å². The van der Waals surface area contributed by atoms with Crippen molar-refractivity contribution >= 4 is 41.1 Å². The summed E-state index contributed by atoms with van der Waals surface area (Å²) in [4.78, 5) is 36.6. The van der Waals surface area contributed by atoms with E-state index in [1.54, 1.807) is 54.6 Å². The Morgan fingerprint density at radius 1 is 1.09 bits per heavy atom. The van der Waals surface area contributed by atoms with Gasteiger partial charge in [-0.1, -0.05) is 41.9 Å². The third-order valence-electron chi connectivity index (χ3n) is 5.06. The molecular weight excluding hydrogens is 460 g/mol. The summed E-state index contributed by atoms with van der Waals surface area (Å²) < 4.78 is 11.4. The van der Waals surface area contributed by atoms with Gasteiger partial charge in [0, 0.05) is 16.7 Å². The second kappa shape index (κ2) is 9.68. The van der Waals surface area contributed by atoms with E-state index >= 15 is 0 Å². The van der Waals surface area contributed by atoms with E-state index in [-0.39, 0.29) is 23.5 Å². The fourth-order valence-electron chi connectivity index (χ4n) is 3.37. The van der Waals surface area contributed by atoms with E-state index in [0.29, 0.717) is 27.6 Å². The van der Waals surface area contributed by atoms with Crippen molar-refractivity contribution in [1.82, 2.24) is 5.43 Å². The highest BCUT2D eigenvalue weighted by Gasteiger charge is 2.34. The summed E-state index contributed by atoms with van der Waals surface area (Å²) in [5.41, 5.74) is 4.23. The topological polar surface area (TPSA) is 105 Å². The molecule has 3 aromatic carbocycles. The van der Waals surface area contributed by atoms with Gasteiger partial charge in [0.1, 0.15) is 12.2 Å². The molecule has 3 aromatic rings. The largest absolute Gasteiger partial charge is 0.493 e. The Balaban J connectivity index is 1.66. The first-order valence-corrected chi connectivity index (χ1v) is 10.5. The van der Waals surface area contributed by atoms with Crippen molar-refractivity contribution in [3.8, 4) is 11.5 Å². The molecule has 1 heterocycles. The Morgan fingerprint density at radius 3 is 2.44 bits per heavy atom. The molecule has 0 atom stereocenters. The number of methoxy groups -OCH3 is 1. The molecule has 2 N–H and O–H groups in total. The summed E-state index contributed by atoms with van der Waals surface area (Å²) >= 11 is 6.23.